The second-order valence-electron chi connectivity index (χ2n) is 6.89. The molecule has 1 fully saturated rings. The third-order valence-corrected chi connectivity index (χ3v) is 4.87. The van der Waals surface area contributed by atoms with Crippen molar-refractivity contribution in [3.63, 3.8) is 0 Å². The van der Waals surface area contributed by atoms with E-state index in [0.717, 1.165) is 5.56 Å². The summed E-state index contributed by atoms with van der Waals surface area (Å²) in [6, 6.07) is 5.09. The Hall–Kier alpha value is -1.34. The second-order valence-corrected chi connectivity index (χ2v) is 7.29. The van der Waals surface area contributed by atoms with Crippen molar-refractivity contribution in [2.75, 3.05) is 6.61 Å². The normalized spacial score (nSPS) is 19.6. The second kappa shape index (κ2) is 6.88. The largest absolute Gasteiger partial charge is 0.492 e. The van der Waals surface area contributed by atoms with Crippen LogP contribution in [0, 0.1) is 0 Å². The number of hydrogen-bond donors (Lipinski definition) is 2. The summed E-state index contributed by atoms with van der Waals surface area (Å²) in [5.41, 5.74) is 0.816. The molecule has 130 valence electrons. The molecule has 0 unspecified atom stereocenters. The third-order valence-electron chi connectivity index (χ3n) is 4.50. The van der Waals surface area contributed by atoms with Gasteiger partial charge in [0.2, 0.25) is 0 Å². The van der Waals surface area contributed by atoms with Gasteiger partial charge in [-0.15, -0.1) is 0 Å². The summed E-state index contributed by atoms with van der Waals surface area (Å²) < 4.78 is 11.9. The molecule has 0 atom stereocenters. The van der Waals surface area contributed by atoms with E-state index >= 15 is 0 Å². The fourth-order valence-corrected chi connectivity index (χ4v) is 2.56. The smallest absolute Gasteiger partial charge is 0.481 e. The molecule has 1 aromatic rings. The van der Waals surface area contributed by atoms with E-state index < -0.39 is 24.3 Å². The predicted octanol–water partition coefficient (Wildman–Crippen LogP) is 2.97. The number of carbonyl (C=O) groups is 1. The Labute approximate surface area is 147 Å². The molecule has 7 heteroatoms. The molecule has 0 bridgehead atoms. The summed E-state index contributed by atoms with van der Waals surface area (Å²) in [4.78, 5) is 10.9. The van der Waals surface area contributed by atoms with Gasteiger partial charge in [-0.3, -0.25) is 4.79 Å². The van der Waals surface area contributed by atoms with Gasteiger partial charge in [0.25, 0.3) is 0 Å². The van der Waals surface area contributed by atoms with Gasteiger partial charge in [0.05, 0.1) is 24.2 Å². The summed E-state index contributed by atoms with van der Waals surface area (Å²) in [6.07, 6.45) is 1.58. The minimum atomic E-state index is -0.952. The Kier molecular flexibility index (Phi) is 5.45. The molecular formula is C17H22BClO5. The first-order valence-electron chi connectivity index (χ1n) is 7.73. The molecule has 0 saturated carbocycles. The van der Waals surface area contributed by atoms with E-state index in [4.69, 9.17) is 26.0 Å². The van der Waals surface area contributed by atoms with Crippen LogP contribution in [-0.2, 0) is 20.5 Å². The Morgan fingerprint density at radius 2 is 1.83 bits per heavy atom. The average Bonchev–Trinajstić information content (AvgIpc) is 2.67. The van der Waals surface area contributed by atoms with Crippen LogP contribution in [0.5, 0.6) is 0 Å². The number of aliphatic hydroxyl groups excluding tert-OH is 1. The standard InChI is InChI=1S/C17H22BClO5/c1-16(2)17(3,4)24-18(23-16)13(10-20)8-11-5-6-14(19)12(7-11)9-15(21)22/h5-8,20H,9-10H2,1-4H3,(H,21,22). The van der Waals surface area contributed by atoms with Crippen LogP contribution in [0.2, 0.25) is 5.02 Å². The lowest BCUT2D eigenvalue weighted by Crippen LogP contribution is -2.41. The van der Waals surface area contributed by atoms with E-state index in [9.17, 15) is 9.90 Å². The molecule has 0 amide bonds. The van der Waals surface area contributed by atoms with Crippen LogP contribution in [0.3, 0.4) is 0 Å². The van der Waals surface area contributed by atoms with E-state index in [-0.39, 0.29) is 13.0 Å². The van der Waals surface area contributed by atoms with Gasteiger partial charge in [0.15, 0.2) is 0 Å². The number of carboxylic acids is 1. The topological polar surface area (TPSA) is 76.0 Å². The maximum absolute atomic E-state index is 10.9. The Morgan fingerprint density at radius 1 is 1.25 bits per heavy atom. The number of hydrogen-bond acceptors (Lipinski definition) is 4. The fourth-order valence-electron chi connectivity index (χ4n) is 2.38. The SMILES string of the molecule is CC1(C)OB(C(=Cc2ccc(Cl)c(CC(=O)O)c2)CO)OC1(C)C. The summed E-state index contributed by atoms with van der Waals surface area (Å²) in [5, 5.41) is 19.1. The minimum Gasteiger partial charge on any atom is -0.481 e. The Morgan fingerprint density at radius 3 is 2.33 bits per heavy atom. The molecule has 0 aromatic heterocycles. The average molecular weight is 353 g/mol. The number of benzene rings is 1. The third kappa shape index (κ3) is 4.01. The fraction of sp³-hybridized carbons (Fsp3) is 0.471. The molecule has 5 nitrogen and oxygen atoms in total. The molecule has 2 rings (SSSR count). The van der Waals surface area contributed by atoms with Crippen molar-refractivity contribution in [1.82, 2.24) is 0 Å². The highest BCUT2D eigenvalue weighted by Gasteiger charge is 2.52. The number of carboxylic acid groups (broad SMARTS) is 1. The molecular weight excluding hydrogens is 330 g/mol. The highest BCUT2D eigenvalue weighted by Crippen LogP contribution is 2.38. The highest BCUT2D eigenvalue weighted by atomic mass is 35.5. The van der Waals surface area contributed by atoms with Gasteiger partial charge in [-0.05, 0) is 56.4 Å². The van der Waals surface area contributed by atoms with E-state index in [1.165, 1.54) is 0 Å². The van der Waals surface area contributed by atoms with Crippen molar-refractivity contribution in [3.8, 4) is 0 Å². The van der Waals surface area contributed by atoms with Gasteiger partial charge in [-0.25, -0.2) is 0 Å². The van der Waals surface area contributed by atoms with E-state index in [2.05, 4.69) is 0 Å². The quantitative estimate of drug-likeness (QED) is 0.797. The molecule has 1 aliphatic rings. The Balaban J connectivity index is 2.30. The zero-order valence-corrected chi connectivity index (χ0v) is 15.1. The lowest BCUT2D eigenvalue weighted by molar-refractivity contribution is -0.136. The van der Waals surface area contributed by atoms with Crippen LogP contribution in [-0.4, -0.2) is 41.1 Å². The molecule has 1 aliphatic heterocycles. The Bertz CT molecular complexity index is 653. The molecule has 2 N–H and O–H groups in total. The molecule has 1 saturated heterocycles. The molecule has 0 aliphatic carbocycles. The summed E-state index contributed by atoms with van der Waals surface area (Å²) in [7, 11) is -0.654. The summed E-state index contributed by atoms with van der Waals surface area (Å²) in [5.74, 6) is -0.952. The van der Waals surface area contributed by atoms with Crippen LogP contribution in [0.15, 0.2) is 23.7 Å². The van der Waals surface area contributed by atoms with Crippen molar-refractivity contribution >= 4 is 30.8 Å². The van der Waals surface area contributed by atoms with Crippen LogP contribution in [0.4, 0.5) is 0 Å². The van der Waals surface area contributed by atoms with Crippen molar-refractivity contribution in [3.05, 3.63) is 39.8 Å². The van der Waals surface area contributed by atoms with Crippen LogP contribution < -0.4 is 0 Å². The highest BCUT2D eigenvalue weighted by molar-refractivity contribution is 6.55. The lowest BCUT2D eigenvalue weighted by atomic mass is 9.77. The maximum Gasteiger partial charge on any atom is 0.492 e. The molecule has 0 spiro atoms. The first kappa shape index (κ1) is 19.0. The van der Waals surface area contributed by atoms with Gasteiger partial charge < -0.3 is 19.5 Å². The van der Waals surface area contributed by atoms with E-state index in [1.54, 1.807) is 24.3 Å². The number of aliphatic carboxylic acids is 1. The summed E-state index contributed by atoms with van der Waals surface area (Å²) in [6.45, 7) is 7.53. The van der Waals surface area contributed by atoms with Crippen LogP contribution in [0.25, 0.3) is 6.08 Å². The van der Waals surface area contributed by atoms with Gasteiger partial charge in [-0.2, -0.15) is 0 Å². The zero-order valence-electron chi connectivity index (χ0n) is 14.3. The van der Waals surface area contributed by atoms with Crippen molar-refractivity contribution in [2.45, 2.75) is 45.3 Å². The molecule has 0 radical (unpaired) electrons. The van der Waals surface area contributed by atoms with Gasteiger partial charge in [0.1, 0.15) is 0 Å². The molecule has 1 aromatic carbocycles. The van der Waals surface area contributed by atoms with Crippen molar-refractivity contribution < 1.29 is 24.3 Å². The number of halogens is 1. The zero-order chi connectivity index (χ0) is 18.1. The van der Waals surface area contributed by atoms with Gasteiger partial charge >= 0.3 is 13.1 Å². The lowest BCUT2D eigenvalue weighted by Gasteiger charge is -2.32. The summed E-state index contributed by atoms with van der Waals surface area (Å²) >= 11 is 6.03. The van der Waals surface area contributed by atoms with E-state index in [0.29, 0.717) is 16.1 Å². The van der Waals surface area contributed by atoms with Gasteiger partial charge in [-0.1, -0.05) is 23.7 Å². The van der Waals surface area contributed by atoms with Crippen molar-refractivity contribution in [1.29, 1.82) is 0 Å². The van der Waals surface area contributed by atoms with E-state index in [1.807, 2.05) is 27.7 Å². The monoisotopic (exact) mass is 352 g/mol. The molecule has 1 heterocycles. The van der Waals surface area contributed by atoms with Crippen LogP contribution in [0.1, 0.15) is 38.8 Å². The van der Waals surface area contributed by atoms with Crippen molar-refractivity contribution in [2.24, 2.45) is 0 Å². The predicted molar refractivity (Wildman–Crippen MR) is 93.9 cm³/mol. The minimum absolute atomic E-state index is 0.161. The number of rotatable bonds is 5. The molecule has 24 heavy (non-hydrogen) atoms. The van der Waals surface area contributed by atoms with Gasteiger partial charge in [0, 0.05) is 5.02 Å². The maximum atomic E-state index is 10.9. The first-order chi connectivity index (χ1) is 11.1. The first-order valence-corrected chi connectivity index (χ1v) is 8.11. The number of aliphatic hydroxyl groups is 1. The van der Waals surface area contributed by atoms with Crippen LogP contribution >= 0.6 is 11.6 Å².